The largest absolute Gasteiger partial charge is 0.496 e. The predicted octanol–water partition coefficient (Wildman–Crippen LogP) is 3.50. The van der Waals surface area contributed by atoms with Gasteiger partial charge in [-0.2, -0.15) is 0 Å². The van der Waals surface area contributed by atoms with Gasteiger partial charge in [0, 0.05) is 6.07 Å². The number of benzene rings is 2. The Hall–Kier alpha value is -2.94. The molecule has 2 aromatic carbocycles. The van der Waals surface area contributed by atoms with Crippen molar-refractivity contribution in [3.8, 4) is 5.75 Å². The summed E-state index contributed by atoms with van der Waals surface area (Å²) in [7, 11) is 1.32. The van der Waals surface area contributed by atoms with Gasteiger partial charge in [-0.3, -0.25) is 14.9 Å². The Morgan fingerprint density at radius 1 is 1.23 bits per heavy atom. The summed E-state index contributed by atoms with van der Waals surface area (Å²) in [4.78, 5) is 35.1. The molecule has 0 amide bonds. The first-order chi connectivity index (χ1) is 12.4. The Morgan fingerprint density at radius 2 is 1.96 bits per heavy atom. The molecule has 0 aromatic heterocycles. The van der Waals surface area contributed by atoms with E-state index < -0.39 is 29.1 Å². The molecule has 0 aliphatic heterocycles. The number of ketones is 1. The molecule has 0 heterocycles. The van der Waals surface area contributed by atoms with Gasteiger partial charge in [0.05, 0.1) is 28.1 Å². The SMILES string of the molecule is COc1ccc(F)cc1C(=O)COC(=O)c1ccc(SC)c([N+](=O)[O-])c1. The van der Waals surface area contributed by atoms with Crippen LogP contribution in [0, 0.1) is 15.9 Å². The summed E-state index contributed by atoms with van der Waals surface area (Å²) in [6.07, 6.45) is 1.67. The Morgan fingerprint density at radius 3 is 2.58 bits per heavy atom. The van der Waals surface area contributed by atoms with Gasteiger partial charge in [-0.05, 0) is 36.6 Å². The summed E-state index contributed by atoms with van der Waals surface area (Å²) < 4.78 is 23.2. The number of rotatable bonds is 7. The van der Waals surface area contributed by atoms with E-state index in [0.29, 0.717) is 4.90 Å². The van der Waals surface area contributed by atoms with E-state index in [9.17, 15) is 24.1 Å². The molecular weight excluding hydrogens is 365 g/mol. The molecule has 0 saturated heterocycles. The lowest BCUT2D eigenvalue weighted by atomic mass is 10.1. The average Bonchev–Trinajstić information content (AvgIpc) is 2.65. The molecule has 26 heavy (non-hydrogen) atoms. The average molecular weight is 379 g/mol. The van der Waals surface area contributed by atoms with Crippen molar-refractivity contribution in [2.45, 2.75) is 4.90 Å². The number of thioether (sulfide) groups is 1. The van der Waals surface area contributed by atoms with Gasteiger partial charge in [-0.1, -0.05) is 0 Å². The van der Waals surface area contributed by atoms with E-state index in [1.807, 2.05) is 0 Å². The third-order valence-electron chi connectivity index (χ3n) is 3.41. The van der Waals surface area contributed by atoms with Crippen molar-refractivity contribution in [1.82, 2.24) is 0 Å². The summed E-state index contributed by atoms with van der Waals surface area (Å²) in [5.41, 5.74) is -0.359. The Balaban J connectivity index is 2.14. The van der Waals surface area contributed by atoms with Crippen LogP contribution in [0.3, 0.4) is 0 Å². The number of nitro groups is 1. The first-order valence-corrected chi connectivity index (χ1v) is 8.46. The lowest BCUT2D eigenvalue weighted by Crippen LogP contribution is -2.15. The minimum absolute atomic E-state index is 0.0616. The van der Waals surface area contributed by atoms with Crippen LogP contribution in [-0.4, -0.2) is 36.6 Å². The number of halogens is 1. The molecule has 0 saturated carbocycles. The van der Waals surface area contributed by atoms with Gasteiger partial charge in [0.2, 0.25) is 5.78 Å². The molecule has 0 fully saturated rings. The number of hydrogen-bond acceptors (Lipinski definition) is 7. The predicted molar refractivity (Wildman–Crippen MR) is 92.4 cm³/mol. The normalized spacial score (nSPS) is 10.3. The highest BCUT2D eigenvalue weighted by Gasteiger charge is 2.20. The number of nitrogens with zero attached hydrogens (tertiary/aromatic N) is 1. The number of nitro benzene ring substituents is 1. The molecule has 0 radical (unpaired) electrons. The molecule has 136 valence electrons. The zero-order chi connectivity index (χ0) is 19.3. The molecule has 7 nitrogen and oxygen atoms in total. The van der Waals surface area contributed by atoms with Gasteiger partial charge in [0.15, 0.2) is 6.61 Å². The van der Waals surface area contributed by atoms with Gasteiger partial charge in [-0.15, -0.1) is 11.8 Å². The summed E-state index contributed by atoms with van der Waals surface area (Å²) in [6, 6.07) is 7.28. The van der Waals surface area contributed by atoms with Crippen LogP contribution in [0.4, 0.5) is 10.1 Å². The van der Waals surface area contributed by atoms with E-state index in [4.69, 9.17) is 9.47 Å². The number of methoxy groups -OCH3 is 1. The third-order valence-corrected chi connectivity index (χ3v) is 4.19. The van der Waals surface area contributed by atoms with E-state index in [0.717, 1.165) is 18.2 Å². The summed E-state index contributed by atoms with van der Waals surface area (Å²) >= 11 is 1.17. The first-order valence-electron chi connectivity index (χ1n) is 7.23. The maximum absolute atomic E-state index is 13.3. The van der Waals surface area contributed by atoms with Crippen molar-refractivity contribution in [2.75, 3.05) is 20.0 Å². The van der Waals surface area contributed by atoms with Crippen molar-refractivity contribution in [3.63, 3.8) is 0 Å². The number of carbonyl (C=O) groups is 2. The molecule has 9 heteroatoms. The Labute approximate surface area is 152 Å². The standard InChI is InChI=1S/C17H14FNO6S/c1-24-15-5-4-11(18)8-12(15)14(20)9-25-17(21)10-3-6-16(26-2)13(7-10)19(22)23/h3-8H,9H2,1-2H3. The van der Waals surface area contributed by atoms with Crippen molar-refractivity contribution in [3.05, 3.63) is 63.5 Å². The lowest BCUT2D eigenvalue weighted by molar-refractivity contribution is -0.387. The molecule has 0 aliphatic rings. The molecule has 2 aromatic rings. The Bertz CT molecular complexity index is 870. The summed E-state index contributed by atoms with van der Waals surface area (Å²) in [5, 5.41) is 11.0. The van der Waals surface area contributed by atoms with E-state index in [2.05, 4.69) is 0 Å². The topological polar surface area (TPSA) is 95.7 Å². The van der Waals surface area contributed by atoms with Gasteiger partial charge >= 0.3 is 5.97 Å². The number of esters is 1. The van der Waals surface area contributed by atoms with Gasteiger partial charge < -0.3 is 9.47 Å². The van der Waals surface area contributed by atoms with Crippen LogP contribution in [0.5, 0.6) is 5.75 Å². The second-order valence-electron chi connectivity index (χ2n) is 4.99. The number of hydrogen-bond donors (Lipinski definition) is 0. The third kappa shape index (κ3) is 4.37. The number of Topliss-reactive ketones (excluding diaryl/α,β-unsaturated/α-hetero) is 1. The van der Waals surface area contributed by atoms with Gasteiger partial charge in [0.25, 0.3) is 5.69 Å². The highest BCUT2D eigenvalue weighted by atomic mass is 32.2. The first kappa shape index (κ1) is 19.4. The van der Waals surface area contributed by atoms with Crippen molar-refractivity contribution >= 4 is 29.2 Å². The molecule has 0 unspecified atom stereocenters. The molecule has 0 spiro atoms. The van der Waals surface area contributed by atoms with E-state index >= 15 is 0 Å². The van der Waals surface area contributed by atoms with Crippen LogP contribution in [0.15, 0.2) is 41.3 Å². The van der Waals surface area contributed by atoms with Crippen LogP contribution in [0.1, 0.15) is 20.7 Å². The summed E-state index contributed by atoms with van der Waals surface area (Å²) in [6.45, 7) is -0.656. The number of carbonyl (C=O) groups excluding carboxylic acids is 2. The minimum atomic E-state index is -0.899. The fourth-order valence-electron chi connectivity index (χ4n) is 2.15. The van der Waals surface area contributed by atoms with Crippen LogP contribution >= 0.6 is 11.8 Å². The second kappa shape index (κ2) is 8.43. The van der Waals surface area contributed by atoms with Crippen molar-refractivity contribution in [2.24, 2.45) is 0 Å². The van der Waals surface area contributed by atoms with Crippen LogP contribution in [0.25, 0.3) is 0 Å². The fraction of sp³-hybridized carbons (Fsp3) is 0.176. The van der Waals surface area contributed by atoms with E-state index in [-0.39, 0.29) is 22.6 Å². The zero-order valence-corrected chi connectivity index (χ0v) is 14.7. The molecule has 0 aliphatic carbocycles. The van der Waals surface area contributed by atoms with Crippen molar-refractivity contribution in [1.29, 1.82) is 0 Å². The molecule has 0 bridgehead atoms. The molecule has 0 atom stereocenters. The molecular formula is C17H14FNO6S. The molecule has 2 rings (SSSR count). The quantitative estimate of drug-likeness (QED) is 0.239. The van der Waals surface area contributed by atoms with E-state index in [1.165, 1.54) is 37.1 Å². The smallest absolute Gasteiger partial charge is 0.338 e. The monoisotopic (exact) mass is 379 g/mol. The molecule has 0 N–H and O–H groups in total. The van der Waals surface area contributed by atoms with Crippen LogP contribution in [-0.2, 0) is 4.74 Å². The van der Waals surface area contributed by atoms with Crippen LogP contribution in [0.2, 0.25) is 0 Å². The maximum Gasteiger partial charge on any atom is 0.338 e. The van der Waals surface area contributed by atoms with Crippen LogP contribution < -0.4 is 4.74 Å². The Kier molecular flexibility index (Phi) is 6.29. The second-order valence-corrected chi connectivity index (χ2v) is 5.84. The van der Waals surface area contributed by atoms with Crippen molar-refractivity contribution < 1.29 is 28.4 Å². The summed E-state index contributed by atoms with van der Waals surface area (Å²) in [5.74, 6) is -2.05. The number of ether oxygens (including phenoxy) is 2. The lowest BCUT2D eigenvalue weighted by Gasteiger charge is -2.09. The zero-order valence-electron chi connectivity index (χ0n) is 13.9. The van der Waals surface area contributed by atoms with Gasteiger partial charge in [-0.25, -0.2) is 9.18 Å². The highest BCUT2D eigenvalue weighted by Crippen LogP contribution is 2.28. The minimum Gasteiger partial charge on any atom is -0.496 e. The fourth-order valence-corrected chi connectivity index (χ4v) is 2.70. The maximum atomic E-state index is 13.3. The van der Waals surface area contributed by atoms with Gasteiger partial charge in [0.1, 0.15) is 11.6 Å². The van der Waals surface area contributed by atoms with E-state index in [1.54, 1.807) is 6.26 Å². The highest BCUT2D eigenvalue weighted by molar-refractivity contribution is 7.98.